The number of aliphatic hydroxyl groups excluding tert-OH is 3. The fourth-order valence-electron chi connectivity index (χ4n) is 10.3. The first-order valence-corrected chi connectivity index (χ1v) is 22.9. The third-order valence-electron chi connectivity index (χ3n) is 13.7. The molecule has 0 amide bonds. The second kappa shape index (κ2) is 20.1. The van der Waals surface area contributed by atoms with Gasteiger partial charge < -0.3 is 76.9 Å². The van der Waals surface area contributed by atoms with E-state index in [4.69, 9.17) is 61.6 Å². The van der Waals surface area contributed by atoms with Crippen molar-refractivity contribution in [3.05, 3.63) is 136 Å². The van der Waals surface area contributed by atoms with Crippen LogP contribution in [0.5, 0.6) is 74.7 Å². The molecule has 16 nitrogen and oxygen atoms in total. The highest BCUT2D eigenvalue weighted by Gasteiger charge is 2.52. The minimum atomic E-state index is -1.34. The molecule has 3 N–H and O–H groups in total. The maximum atomic E-state index is 13.2. The van der Waals surface area contributed by atoms with Crippen LogP contribution in [-0.4, -0.2) is 105 Å². The lowest BCUT2D eigenvalue weighted by Gasteiger charge is -2.46. The largest absolute Gasteiger partial charge is 0.497 e. The third-order valence-corrected chi connectivity index (χ3v) is 13.7. The van der Waals surface area contributed by atoms with E-state index in [0.29, 0.717) is 114 Å². The van der Waals surface area contributed by atoms with Gasteiger partial charge in [0.25, 0.3) is 0 Å². The number of hydrogen-bond acceptors (Lipinski definition) is 16. The Balaban J connectivity index is 1.40. The van der Waals surface area contributed by atoms with Crippen LogP contribution in [0.3, 0.4) is 0 Å². The zero-order valence-corrected chi connectivity index (χ0v) is 41.1. The van der Waals surface area contributed by atoms with Gasteiger partial charge >= 0.3 is 0 Å². The number of ether oxygens (including phenoxy) is 13. The summed E-state index contributed by atoms with van der Waals surface area (Å²) in [5.41, 5.74) is 4.13. The monoisotopic (exact) mass is 974 g/mol. The van der Waals surface area contributed by atoms with Crippen molar-refractivity contribution in [2.45, 2.75) is 54.9 Å². The van der Waals surface area contributed by atoms with Crippen molar-refractivity contribution in [3.8, 4) is 74.7 Å². The topological polar surface area (TPSA) is 181 Å². The molecule has 3 heterocycles. The Hall–Kier alpha value is -7.40. The highest BCUT2D eigenvalue weighted by molar-refractivity contribution is 5.72. The Bertz CT molecular complexity index is 2830. The summed E-state index contributed by atoms with van der Waals surface area (Å²) in [6, 6.07) is 26.7. The van der Waals surface area contributed by atoms with E-state index in [0.717, 1.165) is 0 Å². The van der Waals surface area contributed by atoms with Gasteiger partial charge in [-0.15, -0.1) is 0 Å². The van der Waals surface area contributed by atoms with Crippen LogP contribution in [-0.2, 0) is 6.42 Å². The Labute approximate surface area is 411 Å². The van der Waals surface area contributed by atoms with Gasteiger partial charge in [0, 0.05) is 58.2 Å². The van der Waals surface area contributed by atoms with Gasteiger partial charge in [0.2, 0.25) is 0 Å². The molecule has 0 fully saturated rings. The molecular weight excluding hydrogens is 917 g/mol. The fraction of sp³-hybridized carbons (Fsp3) is 0.345. The molecule has 9 rings (SSSR count). The van der Waals surface area contributed by atoms with Crippen LogP contribution in [0.1, 0.15) is 74.7 Å². The quantitative estimate of drug-likeness (QED) is 0.0898. The van der Waals surface area contributed by atoms with Gasteiger partial charge in [0.1, 0.15) is 58.6 Å². The van der Waals surface area contributed by atoms with Crippen LogP contribution < -0.4 is 61.6 Å². The average Bonchev–Trinajstić information content (AvgIpc) is 3.41. The molecule has 0 saturated heterocycles. The molecule has 8 atom stereocenters. The van der Waals surface area contributed by atoms with Gasteiger partial charge in [-0.2, -0.15) is 0 Å². The Morgan fingerprint density at radius 3 is 1.08 bits per heavy atom. The lowest BCUT2D eigenvalue weighted by molar-refractivity contribution is -0.0171. The smallest absolute Gasteiger partial charge is 0.161 e. The number of methoxy groups -OCH3 is 10. The Morgan fingerprint density at radius 1 is 0.366 bits per heavy atom. The van der Waals surface area contributed by atoms with Crippen LogP contribution in [0.25, 0.3) is 0 Å². The standard InChI is InChI=1S/C55H58O16/c1-59-30-14-16-32(39(24-30)64-6)44-46-53-34(26-35(56)50(69-53)27-11-18-36(61-3)41(21-27)66-8)54-47(55(46)71-52(49(44)58)29-13-20-38(63-5)43(23-29)68-10)45(33-17-15-31(60-2)25-40(33)65-7)48(57)51(70-54)28-12-19-37(62-4)42(22-28)67-9/h11-25,35,44-45,48-52,56-58H,26H2,1-10H3/t35-,44+,45-,48-,49-,50+,51+,52+/m0/s1. The lowest BCUT2D eigenvalue weighted by atomic mass is 9.72. The van der Waals surface area contributed by atoms with Crippen molar-refractivity contribution >= 4 is 0 Å². The highest BCUT2D eigenvalue weighted by atomic mass is 16.5. The number of aliphatic hydroxyl groups is 3. The fourth-order valence-corrected chi connectivity index (χ4v) is 10.3. The molecule has 0 radical (unpaired) electrons. The van der Waals surface area contributed by atoms with Gasteiger partial charge in [-0.3, -0.25) is 0 Å². The Morgan fingerprint density at radius 2 is 0.718 bits per heavy atom. The first-order valence-electron chi connectivity index (χ1n) is 22.9. The van der Waals surface area contributed by atoms with Crippen LogP contribution in [0, 0.1) is 0 Å². The molecule has 3 aliphatic heterocycles. The van der Waals surface area contributed by atoms with Gasteiger partial charge in [-0.05, 0) is 65.2 Å². The predicted octanol–water partition coefficient (Wildman–Crippen LogP) is 8.06. The van der Waals surface area contributed by atoms with E-state index in [1.54, 1.807) is 129 Å². The van der Waals surface area contributed by atoms with E-state index in [1.165, 1.54) is 21.3 Å². The molecule has 6 aromatic rings. The predicted molar refractivity (Wildman–Crippen MR) is 260 cm³/mol. The van der Waals surface area contributed by atoms with Crippen LogP contribution in [0.4, 0.5) is 0 Å². The summed E-state index contributed by atoms with van der Waals surface area (Å²) < 4.78 is 79.2. The zero-order chi connectivity index (χ0) is 50.2. The summed E-state index contributed by atoms with van der Waals surface area (Å²) in [7, 11) is 15.4. The van der Waals surface area contributed by atoms with Crippen molar-refractivity contribution < 1.29 is 76.9 Å². The summed E-state index contributed by atoms with van der Waals surface area (Å²) in [6.45, 7) is 0. The van der Waals surface area contributed by atoms with Crippen molar-refractivity contribution in [1.82, 2.24) is 0 Å². The molecule has 16 heteroatoms. The summed E-state index contributed by atoms with van der Waals surface area (Å²) in [5.74, 6) is 3.44. The van der Waals surface area contributed by atoms with E-state index in [9.17, 15) is 15.3 Å². The molecule has 0 bridgehead atoms. The molecule has 0 aromatic heterocycles. The molecule has 0 spiro atoms. The second-order valence-electron chi connectivity index (χ2n) is 17.2. The van der Waals surface area contributed by atoms with Gasteiger partial charge in [-0.1, -0.05) is 30.3 Å². The van der Waals surface area contributed by atoms with Gasteiger partial charge in [-0.25, -0.2) is 0 Å². The van der Waals surface area contributed by atoms with Crippen molar-refractivity contribution in [3.63, 3.8) is 0 Å². The van der Waals surface area contributed by atoms with E-state index >= 15 is 0 Å². The lowest BCUT2D eigenvalue weighted by Crippen LogP contribution is -2.41. The molecule has 374 valence electrons. The van der Waals surface area contributed by atoms with Gasteiger partial charge in [0.05, 0.1) is 77.2 Å². The van der Waals surface area contributed by atoms with Crippen molar-refractivity contribution in [1.29, 1.82) is 0 Å². The molecular formula is C55H58O16. The summed E-state index contributed by atoms with van der Waals surface area (Å²) in [4.78, 5) is 0. The SMILES string of the molecule is COc1ccc([C@@H]2c3c4c(c5c(c3O[C@H](c3ccc(OC)c(OC)c3)[C@H]2O)[C@H](c2ccc(OC)cc2OC)[C@H](O)[C@@H](c2ccc(OC)c(OC)c2)O5)C[C@H](O)[C@@H](c2ccc(OC)c(OC)c2)O4)c(OC)c1. The molecule has 71 heavy (non-hydrogen) atoms. The van der Waals surface area contributed by atoms with Crippen LogP contribution >= 0.6 is 0 Å². The van der Waals surface area contributed by atoms with Crippen LogP contribution in [0.2, 0.25) is 0 Å². The van der Waals surface area contributed by atoms with Crippen molar-refractivity contribution in [2.75, 3.05) is 71.1 Å². The van der Waals surface area contributed by atoms with E-state index in [-0.39, 0.29) is 12.2 Å². The first-order chi connectivity index (χ1) is 34.5. The van der Waals surface area contributed by atoms with Crippen LogP contribution in [0.15, 0.2) is 91.0 Å². The molecule has 0 unspecified atom stereocenters. The minimum Gasteiger partial charge on any atom is -0.497 e. The number of fused-ring (bicyclic) bond motifs is 6. The normalized spacial score (nSPS) is 21.9. The number of hydrogen-bond donors (Lipinski definition) is 3. The van der Waals surface area contributed by atoms with Crippen molar-refractivity contribution in [2.24, 2.45) is 0 Å². The number of rotatable bonds is 15. The maximum Gasteiger partial charge on any atom is 0.161 e. The maximum absolute atomic E-state index is 13.2. The van der Waals surface area contributed by atoms with E-state index in [1.807, 2.05) is 12.1 Å². The first kappa shape index (κ1) is 48.6. The van der Waals surface area contributed by atoms with E-state index < -0.39 is 48.5 Å². The summed E-state index contributed by atoms with van der Waals surface area (Å²) in [5, 5.41) is 38.8. The molecule has 0 aliphatic carbocycles. The van der Waals surface area contributed by atoms with E-state index in [2.05, 4.69) is 0 Å². The molecule has 0 saturated carbocycles. The molecule has 3 aliphatic rings. The second-order valence-corrected chi connectivity index (χ2v) is 17.2. The summed E-state index contributed by atoms with van der Waals surface area (Å²) >= 11 is 0. The zero-order valence-electron chi connectivity index (χ0n) is 41.1. The summed E-state index contributed by atoms with van der Waals surface area (Å²) in [6.07, 6.45) is -6.99. The molecule has 6 aromatic carbocycles. The van der Waals surface area contributed by atoms with Gasteiger partial charge in [0.15, 0.2) is 46.7 Å². The average molecular weight is 975 g/mol. The third kappa shape index (κ3) is 8.38. The highest BCUT2D eigenvalue weighted by Crippen LogP contribution is 2.64. The minimum absolute atomic E-state index is 0.00710. The Kier molecular flexibility index (Phi) is 13.8. The number of benzene rings is 6.